The summed E-state index contributed by atoms with van der Waals surface area (Å²) in [5.74, 6) is 0.199. The molecule has 1 aliphatic heterocycles. The number of carbonyl (C=O) groups excluding carboxylic acids is 2. The summed E-state index contributed by atoms with van der Waals surface area (Å²) in [7, 11) is 1.61. The van der Waals surface area contributed by atoms with E-state index < -0.39 is 0 Å². The van der Waals surface area contributed by atoms with Crippen LogP contribution in [0.3, 0.4) is 0 Å². The highest BCUT2D eigenvalue weighted by Gasteiger charge is 2.34. The van der Waals surface area contributed by atoms with Crippen LogP contribution in [0.15, 0.2) is 61.2 Å². The van der Waals surface area contributed by atoms with E-state index in [1.54, 1.807) is 23.0 Å². The number of hydrogen-bond acceptors (Lipinski definition) is 5. The first-order valence-corrected chi connectivity index (χ1v) is 9.74. The van der Waals surface area contributed by atoms with Crippen molar-refractivity contribution in [3.63, 3.8) is 0 Å². The van der Waals surface area contributed by atoms with Crippen LogP contribution in [0, 0.1) is 5.92 Å². The Hall–Kier alpha value is -3.68. The van der Waals surface area contributed by atoms with E-state index in [9.17, 15) is 9.59 Å². The third-order valence-electron chi connectivity index (χ3n) is 5.17. The van der Waals surface area contributed by atoms with Crippen molar-refractivity contribution in [1.82, 2.24) is 19.7 Å². The molecule has 1 saturated heterocycles. The van der Waals surface area contributed by atoms with Crippen molar-refractivity contribution in [1.29, 1.82) is 0 Å². The Balaban J connectivity index is 1.34. The Labute approximate surface area is 174 Å². The summed E-state index contributed by atoms with van der Waals surface area (Å²) in [6.45, 7) is 1.44. The van der Waals surface area contributed by atoms with Crippen LogP contribution < -0.4 is 10.1 Å². The monoisotopic (exact) mass is 405 g/mol. The largest absolute Gasteiger partial charge is 0.496 e. The van der Waals surface area contributed by atoms with Crippen LogP contribution in [0.2, 0.25) is 0 Å². The molecule has 154 valence electrons. The van der Waals surface area contributed by atoms with Crippen molar-refractivity contribution in [2.45, 2.75) is 19.5 Å². The first-order chi connectivity index (χ1) is 14.6. The van der Waals surface area contributed by atoms with E-state index >= 15 is 0 Å². The number of methoxy groups -OCH3 is 1. The maximum atomic E-state index is 12.7. The van der Waals surface area contributed by atoms with Gasteiger partial charge in [0.2, 0.25) is 11.8 Å². The van der Waals surface area contributed by atoms with Crippen molar-refractivity contribution < 1.29 is 14.3 Å². The van der Waals surface area contributed by atoms with Gasteiger partial charge in [-0.15, -0.1) is 0 Å². The lowest BCUT2D eigenvalue weighted by atomic mass is 10.1. The fourth-order valence-electron chi connectivity index (χ4n) is 3.58. The highest BCUT2D eigenvalue weighted by Crippen LogP contribution is 2.25. The Bertz CT molecular complexity index is 1020. The Morgan fingerprint density at radius 3 is 2.70 bits per heavy atom. The van der Waals surface area contributed by atoms with Gasteiger partial charge in [0, 0.05) is 30.8 Å². The lowest BCUT2D eigenvalue weighted by molar-refractivity contribution is -0.128. The molecule has 1 aliphatic rings. The highest BCUT2D eigenvalue weighted by molar-refractivity contribution is 5.97. The number of rotatable bonds is 7. The molecule has 1 atom stereocenters. The van der Waals surface area contributed by atoms with Gasteiger partial charge in [0.15, 0.2) is 0 Å². The molecule has 1 aromatic heterocycles. The number of benzene rings is 2. The maximum Gasteiger partial charge on any atom is 0.229 e. The normalized spacial score (nSPS) is 16.0. The number of anilines is 1. The minimum Gasteiger partial charge on any atom is -0.496 e. The molecule has 2 aromatic carbocycles. The van der Waals surface area contributed by atoms with E-state index in [0.717, 1.165) is 16.9 Å². The van der Waals surface area contributed by atoms with Gasteiger partial charge in [-0.25, -0.2) is 9.67 Å². The predicted molar refractivity (Wildman–Crippen MR) is 111 cm³/mol. The molecule has 1 N–H and O–H groups in total. The summed E-state index contributed by atoms with van der Waals surface area (Å²) in [4.78, 5) is 30.8. The van der Waals surface area contributed by atoms with E-state index in [4.69, 9.17) is 4.74 Å². The average molecular weight is 405 g/mol. The number of hydrogen-bond donors (Lipinski definition) is 1. The Kier molecular flexibility index (Phi) is 5.74. The lowest BCUT2D eigenvalue weighted by Gasteiger charge is -2.18. The van der Waals surface area contributed by atoms with Gasteiger partial charge >= 0.3 is 0 Å². The Morgan fingerprint density at radius 2 is 1.97 bits per heavy atom. The molecule has 0 unspecified atom stereocenters. The molecule has 0 spiro atoms. The third-order valence-corrected chi connectivity index (χ3v) is 5.17. The number of nitrogens with one attached hydrogen (secondary N) is 1. The van der Waals surface area contributed by atoms with Crippen LogP contribution in [-0.4, -0.2) is 45.1 Å². The smallest absolute Gasteiger partial charge is 0.229 e. The van der Waals surface area contributed by atoms with Crippen LogP contribution >= 0.6 is 0 Å². The van der Waals surface area contributed by atoms with Crippen LogP contribution in [0.4, 0.5) is 5.69 Å². The van der Waals surface area contributed by atoms with E-state index in [1.807, 2.05) is 48.5 Å². The summed E-state index contributed by atoms with van der Waals surface area (Å²) in [6.07, 6.45) is 3.36. The first kappa shape index (κ1) is 19.6. The minimum atomic E-state index is -0.373. The van der Waals surface area contributed by atoms with Gasteiger partial charge in [0.1, 0.15) is 18.4 Å². The van der Waals surface area contributed by atoms with Crippen molar-refractivity contribution in [2.24, 2.45) is 5.92 Å². The molecule has 0 saturated carbocycles. The fraction of sp³-hybridized carbons (Fsp3) is 0.273. The second kappa shape index (κ2) is 8.77. The van der Waals surface area contributed by atoms with Crippen LogP contribution in [0.1, 0.15) is 17.5 Å². The summed E-state index contributed by atoms with van der Waals surface area (Å²) < 4.78 is 7.09. The third kappa shape index (κ3) is 4.48. The molecule has 3 aromatic rings. The second-order valence-electron chi connectivity index (χ2n) is 7.27. The van der Waals surface area contributed by atoms with Crippen molar-refractivity contribution in [3.8, 4) is 5.75 Å². The number of carbonyl (C=O) groups is 2. The van der Waals surface area contributed by atoms with Gasteiger partial charge in [0.25, 0.3) is 0 Å². The summed E-state index contributed by atoms with van der Waals surface area (Å²) in [6, 6.07) is 15.2. The van der Waals surface area contributed by atoms with E-state index in [-0.39, 0.29) is 24.2 Å². The molecule has 2 heterocycles. The summed E-state index contributed by atoms with van der Waals surface area (Å²) >= 11 is 0. The number of aromatic nitrogens is 3. The zero-order chi connectivity index (χ0) is 20.9. The van der Waals surface area contributed by atoms with E-state index in [1.165, 1.54) is 6.33 Å². The quantitative estimate of drug-likeness (QED) is 0.652. The number of ether oxygens (including phenoxy) is 1. The number of para-hydroxylation sites is 1. The van der Waals surface area contributed by atoms with E-state index in [2.05, 4.69) is 15.4 Å². The lowest BCUT2D eigenvalue weighted by Crippen LogP contribution is -2.28. The molecular formula is C22H23N5O3. The fourth-order valence-corrected chi connectivity index (χ4v) is 3.58. The standard InChI is InChI=1S/C22H23N5O3/c1-30-20-5-3-2-4-17(20)12-26-13-18(10-21(26)28)22(29)25-19-8-6-16(7-9-19)11-27-15-23-14-24-27/h2-9,14-15,18H,10-13H2,1H3,(H,25,29)/t18-/m1/s1. The first-order valence-electron chi connectivity index (χ1n) is 9.74. The second-order valence-corrected chi connectivity index (χ2v) is 7.27. The molecule has 0 aliphatic carbocycles. The Morgan fingerprint density at radius 1 is 1.17 bits per heavy atom. The molecule has 1 fully saturated rings. The zero-order valence-corrected chi connectivity index (χ0v) is 16.7. The number of amides is 2. The highest BCUT2D eigenvalue weighted by atomic mass is 16.5. The van der Waals surface area contributed by atoms with Crippen LogP contribution in [0.25, 0.3) is 0 Å². The maximum absolute atomic E-state index is 12.7. The molecule has 4 rings (SSSR count). The topological polar surface area (TPSA) is 89.3 Å². The summed E-state index contributed by atoms with van der Waals surface area (Å²) in [5, 5.41) is 7.00. The zero-order valence-electron chi connectivity index (χ0n) is 16.7. The molecule has 8 heteroatoms. The molecule has 8 nitrogen and oxygen atoms in total. The van der Waals surface area contributed by atoms with E-state index in [0.29, 0.717) is 25.3 Å². The van der Waals surface area contributed by atoms with Crippen LogP contribution in [0.5, 0.6) is 5.75 Å². The molecule has 0 radical (unpaired) electrons. The van der Waals surface area contributed by atoms with Gasteiger partial charge in [-0.05, 0) is 23.8 Å². The van der Waals surface area contributed by atoms with Gasteiger partial charge in [0.05, 0.1) is 19.6 Å². The molecule has 0 bridgehead atoms. The predicted octanol–water partition coefficient (Wildman–Crippen LogP) is 2.32. The minimum absolute atomic E-state index is 0.0239. The molecule has 2 amide bonds. The SMILES string of the molecule is COc1ccccc1CN1C[C@H](C(=O)Nc2ccc(Cn3cncn3)cc2)CC1=O. The number of nitrogens with zero attached hydrogens (tertiary/aromatic N) is 4. The van der Waals surface area contributed by atoms with Gasteiger partial charge in [-0.1, -0.05) is 30.3 Å². The van der Waals surface area contributed by atoms with Gasteiger partial charge in [-0.2, -0.15) is 5.10 Å². The molecule has 30 heavy (non-hydrogen) atoms. The number of likely N-dealkylation sites (tertiary alicyclic amines) is 1. The van der Waals surface area contributed by atoms with Crippen molar-refractivity contribution >= 4 is 17.5 Å². The van der Waals surface area contributed by atoms with Crippen molar-refractivity contribution in [3.05, 3.63) is 72.3 Å². The average Bonchev–Trinajstić information content (AvgIpc) is 3.40. The van der Waals surface area contributed by atoms with Crippen LogP contribution in [-0.2, 0) is 22.7 Å². The molecular weight excluding hydrogens is 382 g/mol. The summed E-state index contributed by atoms with van der Waals surface area (Å²) in [5.41, 5.74) is 2.69. The van der Waals surface area contributed by atoms with Gasteiger partial charge in [-0.3, -0.25) is 9.59 Å². The van der Waals surface area contributed by atoms with Crippen molar-refractivity contribution in [2.75, 3.05) is 19.0 Å². The van der Waals surface area contributed by atoms with Gasteiger partial charge < -0.3 is 15.0 Å².